The van der Waals surface area contributed by atoms with Crippen molar-refractivity contribution in [3.05, 3.63) is 27.0 Å². The Labute approximate surface area is 125 Å². The van der Waals surface area contributed by atoms with Gasteiger partial charge >= 0.3 is 11.2 Å². The number of aliphatic hydroxyl groups is 2. The fraction of sp³-hybridized carbons (Fsp3) is 0.600. The van der Waals surface area contributed by atoms with E-state index in [1.807, 2.05) is 0 Å². The van der Waals surface area contributed by atoms with Gasteiger partial charge < -0.3 is 14.9 Å². The molecule has 23 heavy (non-hydrogen) atoms. The monoisotopic (exact) mass is 360 g/mol. The van der Waals surface area contributed by atoms with Gasteiger partial charge in [-0.25, -0.2) is 13.2 Å². The highest BCUT2D eigenvalue weighted by Gasteiger charge is 2.49. The van der Waals surface area contributed by atoms with Crippen LogP contribution in [0.15, 0.2) is 20.7 Å². The molecule has 1 fully saturated rings. The van der Waals surface area contributed by atoms with E-state index in [0.29, 0.717) is 4.57 Å². The minimum atomic E-state index is -5.98. The second kappa shape index (κ2) is 5.74. The lowest BCUT2D eigenvalue weighted by molar-refractivity contribution is -0.0471. The molecule has 0 radical (unpaired) electrons. The number of rotatable bonds is 3. The first-order chi connectivity index (χ1) is 10.5. The highest BCUT2D eigenvalue weighted by Crippen LogP contribution is 2.30. The Kier molecular flexibility index (Phi) is 4.40. The van der Waals surface area contributed by atoms with E-state index in [2.05, 4.69) is 0 Å². The number of hydrogen-bond donors (Lipinski definition) is 3. The maximum Gasteiger partial charge on any atom is 0.502 e. The van der Waals surface area contributed by atoms with Crippen LogP contribution < -0.4 is 11.2 Å². The van der Waals surface area contributed by atoms with Crippen LogP contribution in [0.1, 0.15) is 12.6 Å². The quantitative estimate of drug-likeness (QED) is 0.594. The van der Waals surface area contributed by atoms with Gasteiger partial charge in [0.15, 0.2) is 4.90 Å². The minimum Gasteiger partial charge on any atom is -0.394 e. The lowest BCUT2D eigenvalue weighted by Gasteiger charge is -2.15. The Bertz CT molecular complexity index is 813. The average Bonchev–Trinajstić information content (AvgIpc) is 2.78. The summed E-state index contributed by atoms with van der Waals surface area (Å²) in [5, 5.41) is 18.5. The predicted molar refractivity (Wildman–Crippen MR) is 66.2 cm³/mol. The van der Waals surface area contributed by atoms with Crippen LogP contribution in [-0.2, 0) is 14.6 Å². The molecule has 3 N–H and O–H groups in total. The number of sulfone groups is 1. The molecular weight excluding hydrogens is 349 g/mol. The van der Waals surface area contributed by atoms with Crippen molar-refractivity contribution in [2.45, 2.75) is 35.3 Å². The van der Waals surface area contributed by atoms with Crippen molar-refractivity contribution >= 4 is 9.84 Å². The molecule has 2 heterocycles. The zero-order valence-electron chi connectivity index (χ0n) is 11.1. The molecule has 1 aliphatic rings. The molecular formula is C10H11F3N2O7S. The number of hydrogen-bond acceptors (Lipinski definition) is 7. The maximum atomic E-state index is 12.6. The molecule has 1 aromatic heterocycles. The first-order valence-electron chi connectivity index (χ1n) is 6.10. The Hall–Kier alpha value is -1.70. The Morgan fingerprint density at radius 1 is 1.39 bits per heavy atom. The van der Waals surface area contributed by atoms with Crippen LogP contribution >= 0.6 is 0 Å². The molecule has 0 aliphatic carbocycles. The molecule has 3 atom stereocenters. The normalized spacial score (nSPS) is 25.7. The summed E-state index contributed by atoms with van der Waals surface area (Å²) in [4.78, 5) is 22.9. The third-order valence-electron chi connectivity index (χ3n) is 3.22. The van der Waals surface area contributed by atoms with E-state index in [9.17, 15) is 36.3 Å². The number of aromatic amines is 1. The SMILES string of the molecule is O=c1[nH]c(=O)n(C2CC(O)C(CO)O2)cc1S(=O)(=O)C(F)(F)F. The van der Waals surface area contributed by atoms with Crippen LogP contribution in [0.4, 0.5) is 13.2 Å². The first kappa shape index (κ1) is 17.7. The van der Waals surface area contributed by atoms with Crippen molar-refractivity contribution in [3.63, 3.8) is 0 Å². The summed E-state index contributed by atoms with van der Waals surface area (Å²) in [6, 6.07) is 0. The molecule has 2 rings (SSSR count). The fourth-order valence-electron chi connectivity index (χ4n) is 2.05. The number of alkyl halides is 3. The van der Waals surface area contributed by atoms with E-state index < -0.39 is 56.5 Å². The second-order valence-corrected chi connectivity index (χ2v) is 6.63. The van der Waals surface area contributed by atoms with Gasteiger partial charge in [-0.1, -0.05) is 0 Å². The van der Waals surface area contributed by atoms with Gasteiger partial charge in [-0.2, -0.15) is 13.2 Å². The molecule has 0 aromatic carbocycles. The molecule has 0 bridgehead atoms. The number of aliphatic hydroxyl groups excluding tert-OH is 2. The van der Waals surface area contributed by atoms with Crippen LogP contribution in [-0.4, -0.2) is 52.5 Å². The highest BCUT2D eigenvalue weighted by molar-refractivity contribution is 7.92. The van der Waals surface area contributed by atoms with Gasteiger partial charge in [0, 0.05) is 12.6 Å². The number of H-pyrrole nitrogens is 1. The van der Waals surface area contributed by atoms with Crippen LogP contribution in [0, 0.1) is 0 Å². The molecule has 3 unspecified atom stereocenters. The van der Waals surface area contributed by atoms with Crippen molar-refractivity contribution in [2.75, 3.05) is 6.61 Å². The van der Waals surface area contributed by atoms with Crippen molar-refractivity contribution < 1.29 is 36.5 Å². The molecule has 1 saturated heterocycles. The van der Waals surface area contributed by atoms with Crippen molar-refractivity contribution in [1.29, 1.82) is 0 Å². The molecule has 13 heteroatoms. The van der Waals surface area contributed by atoms with Gasteiger partial charge in [0.25, 0.3) is 15.4 Å². The number of nitrogens with zero attached hydrogens (tertiary/aromatic N) is 1. The smallest absolute Gasteiger partial charge is 0.394 e. The number of halogens is 3. The summed E-state index contributed by atoms with van der Waals surface area (Å²) in [6.45, 7) is -0.622. The molecule has 0 spiro atoms. The van der Waals surface area contributed by atoms with E-state index in [4.69, 9.17) is 9.84 Å². The van der Waals surface area contributed by atoms with Gasteiger partial charge in [0.2, 0.25) is 0 Å². The van der Waals surface area contributed by atoms with E-state index in [1.165, 1.54) is 4.98 Å². The van der Waals surface area contributed by atoms with Crippen molar-refractivity contribution in [2.24, 2.45) is 0 Å². The molecule has 1 aliphatic heterocycles. The molecule has 0 amide bonds. The number of nitrogens with one attached hydrogen (secondary N) is 1. The second-order valence-electron chi connectivity index (χ2n) is 4.72. The largest absolute Gasteiger partial charge is 0.502 e. The summed E-state index contributed by atoms with van der Waals surface area (Å²) >= 11 is 0. The van der Waals surface area contributed by atoms with Crippen molar-refractivity contribution in [1.82, 2.24) is 9.55 Å². The molecule has 9 nitrogen and oxygen atoms in total. The standard InChI is InChI=1S/C10H11F3N2O7S/c11-10(12,13)23(20,21)6-2-15(9(19)14-8(6)18)7-1-4(17)5(3-16)22-7/h2,4-5,7,16-17H,1,3H2,(H,14,18,19). The van der Waals surface area contributed by atoms with Gasteiger partial charge in [0.1, 0.15) is 12.3 Å². The highest BCUT2D eigenvalue weighted by atomic mass is 32.2. The predicted octanol–water partition coefficient (Wildman–Crippen LogP) is -1.53. The zero-order valence-corrected chi connectivity index (χ0v) is 12.0. The lowest BCUT2D eigenvalue weighted by Crippen LogP contribution is -2.38. The van der Waals surface area contributed by atoms with E-state index in [-0.39, 0.29) is 12.6 Å². The Morgan fingerprint density at radius 3 is 2.48 bits per heavy atom. The third kappa shape index (κ3) is 3.04. The molecule has 130 valence electrons. The summed E-state index contributed by atoms with van der Waals surface area (Å²) in [5.41, 5.74) is -8.67. The van der Waals surface area contributed by atoms with Gasteiger partial charge in [-0.15, -0.1) is 0 Å². The number of aromatic nitrogens is 2. The molecule has 0 saturated carbocycles. The Morgan fingerprint density at radius 2 is 2.00 bits per heavy atom. The van der Waals surface area contributed by atoms with Gasteiger partial charge in [0.05, 0.1) is 12.7 Å². The van der Waals surface area contributed by atoms with Crippen LogP contribution in [0.5, 0.6) is 0 Å². The third-order valence-corrected chi connectivity index (χ3v) is 4.70. The summed E-state index contributed by atoms with van der Waals surface area (Å²) in [7, 11) is -5.98. The van der Waals surface area contributed by atoms with E-state index in [1.54, 1.807) is 0 Å². The lowest BCUT2D eigenvalue weighted by atomic mass is 10.2. The van der Waals surface area contributed by atoms with Gasteiger partial charge in [-0.05, 0) is 0 Å². The summed E-state index contributed by atoms with van der Waals surface area (Å²) in [5.74, 6) is 0. The summed E-state index contributed by atoms with van der Waals surface area (Å²) in [6.07, 6.45) is -3.73. The fourth-order valence-corrected chi connectivity index (χ4v) is 2.84. The number of ether oxygens (including phenoxy) is 1. The van der Waals surface area contributed by atoms with E-state index >= 15 is 0 Å². The topological polar surface area (TPSA) is 139 Å². The van der Waals surface area contributed by atoms with Crippen LogP contribution in [0.3, 0.4) is 0 Å². The Balaban J connectivity index is 2.55. The van der Waals surface area contributed by atoms with Crippen molar-refractivity contribution in [3.8, 4) is 0 Å². The zero-order chi connectivity index (χ0) is 17.6. The van der Waals surface area contributed by atoms with Crippen LogP contribution in [0.2, 0.25) is 0 Å². The van der Waals surface area contributed by atoms with Gasteiger partial charge in [-0.3, -0.25) is 14.3 Å². The average molecular weight is 360 g/mol. The first-order valence-corrected chi connectivity index (χ1v) is 7.58. The van der Waals surface area contributed by atoms with Crippen LogP contribution in [0.25, 0.3) is 0 Å². The maximum absolute atomic E-state index is 12.6. The van der Waals surface area contributed by atoms with E-state index in [0.717, 1.165) is 0 Å². The minimum absolute atomic E-state index is 0.209. The summed E-state index contributed by atoms with van der Waals surface area (Å²) < 4.78 is 65.8. The molecule has 1 aromatic rings.